The maximum Gasteiger partial charge on any atom is 0.144 e. The van der Waals surface area contributed by atoms with Crippen LogP contribution in [0.1, 0.15) is 16.7 Å². The number of nitrogens with two attached hydrogens (primary N) is 1. The summed E-state index contributed by atoms with van der Waals surface area (Å²) in [6.45, 7) is 2.03. The van der Waals surface area contributed by atoms with Gasteiger partial charge in [-0.05, 0) is 42.3 Å². The van der Waals surface area contributed by atoms with Crippen molar-refractivity contribution in [3.63, 3.8) is 0 Å². The molecule has 0 spiro atoms. The molecule has 106 valence electrons. The minimum atomic E-state index is -0.233. The largest absolute Gasteiger partial charge is 0.308 e. The number of rotatable bonds is 3. The smallest absolute Gasteiger partial charge is 0.144 e. The molecule has 4 heteroatoms. The molecule has 0 unspecified atom stereocenters. The van der Waals surface area contributed by atoms with Crippen LogP contribution in [0.3, 0.4) is 0 Å². The summed E-state index contributed by atoms with van der Waals surface area (Å²) >= 11 is 0. The number of aryl methyl sites for hydroxylation is 1. The van der Waals surface area contributed by atoms with Crippen LogP contribution in [0.2, 0.25) is 0 Å². The zero-order chi connectivity index (χ0) is 14.8. The Kier molecular flexibility index (Phi) is 3.54. The standard InChI is InChI=1S/C17H16FN3/c1-11-2-5-13-10-14(17(21-19)20-16(13)8-11)9-12-3-6-15(18)7-4-12/h2-8,10H,9,19H2,1H3,(H,20,21). The molecule has 3 rings (SSSR count). The van der Waals surface area contributed by atoms with E-state index in [0.29, 0.717) is 12.2 Å². The second kappa shape index (κ2) is 5.50. The van der Waals surface area contributed by atoms with E-state index in [-0.39, 0.29) is 5.82 Å². The zero-order valence-corrected chi connectivity index (χ0v) is 11.7. The number of nitrogens with one attached hydrogen (secondary N) is 1. The van der Waals surface area contributed by atoms with E-state index in [0.717, 1.165) is 27.6 Å². The van der Waals surface area contributed by atoms with E-state index in [1.807, 2.05) is 19.1 Å². The number of hydrogen-bond acceptors (Lipinski definition) is 3. The first-order valence-corrected chi connectivity index (χ1v) is 6.77. The Labute approximate surface area is 122 Å². The van der Waals surface area contributed by atoms with E-state index in [1.54, 1.807) is 12.1 Å². The summed E-state index contributed by atoms with van der Waals surface area (Å²) in [5, 5.41) is 1.07. The highest BCUT2D eigenvalue weighted by Gasteiger charge is 2.07. The van der Waals surface area contributed by atoms with Crippen LogP contribution in [0.15, 0.2) is 48.5 Å². The van der Waals surface area contributed by atoms with Crippen LogP contribution in [0, 0.1) is 12.7 Å². The lowest BCUT2D eigenvalue weighted by atomic mass is 10.0. The maximum atomic E-state index is 13.0. The van der Waals surface area contributed by atoms with Crippen molar-refractivity contribution in [3.8, 4) is 0 Å². The van der Waals surface area contributed by atoms with Crippen molar-refractivity contribution in [1.29, 1.82) is 0 Å². The summed E-state index contributed by atoms with van der Waals surface area (Å²) < 4.78 is 13.0. The molecule has 0 aliphatic carbocycles. The predicted molar refractivity (Wildman–Crippen MR) is 83.5 cm³/mol. The molecule has 0 fully saturated rings. The third kappa shape index (κ3) is 2.85. The van der Waals surface area contributed by atoms with Gasteiger partial charge in [0.25, 0.3) is 0 Å². The van der Waals surface area contributed by atoms with Gasteiger partial charge in [-0.2, -0.15) is 0 Å². The number of pyridine rings is 1. The van der Waals surface area contributed by atoms with Crippen LogP contribution < -0.4 is 11.3 Å². The first-order chi connectivity index (χ1) is 10.2. The van der Waals surface area contributed by atoms with Gasteiger partial charge in [-0.3, -0.25) is 0 Å². The summed E-state index contributed by atoms with van der Waals surface area (Å²) in [6.07, 6.45) is 0.649. The number of halogens is 1. The first-order valence-electron chi connectivity index (χ1n) is 6.77. The average Bonchev–Trinajstić information content (AvgIpc) is 2.49. The van der Waals surface area contributed by atoms with E-state index >= 15 is 0 Å². The van der Waals surface area contributed by atoms with Crippen molar-refractivity contribution >= 4 is 16.7 Å². The van der Waals surface area contributed by atoms with Gasteiger partial charge in [-0.15, -0.1) is 0 Å². The Morgan fingerprint density at radius 3 is 2.57 bits per heavy atom. The Morgan fingerprint density at radius 1 is 1.10 bits per heavy atom. The number of anilines is 1. The molecule has 0 saturated heterocycles. The molecule has 1 heterocycles. The summed E-state index contributed by atoms with van der Waals surface area (Å²) in [5.41, 5.74) is 6.72. The Bertz CT molecular complexity index is 782. The van der Waals surface area contributed by atoms with E-state index in [1.165, 1.54) is 12.1 Å². The molecule has 3 aromatic rings. The number of hydrazine groups is 1. The summed E-state index contributed by atoms with van der Waals surface area (Å²) in [7, 11) is 0. The molecule has 0 saturated carbocycles. The lowest BCUT2D eigenvalue weighted by Crippen LogP contribution is -2.11. The number of hydrogen-bond donors (Lipinski definition) is 2. The minimum Gasteiger partial charge on any atom is -0.308 e. The Balaban J connectivity index is 2.04. The van der Waals surface area contributed by atoms with E-state index in [4.69, 9.17) is 5.84 Å². The van der Waals surface area contributed by atoms with Gasteiger partial charge in [0.2, 0.25) is 0 Å². The molecular weight excluding hydrogens is 265 g/mol. The van der Waals surface area contributed by atoms with E-state index in [9.17, 15) is 4.39 Å². The fraction of sp³-hybridized carbons (Fsp3) is 0.118. The lowest BCUT2D eigenvalue weighted by molar-refractivity contribution is 0.627. The Hall–Kier alpha value is -2.46. The molecule has 3 nitrogen and oxygen atoms in total. The molecule has 21 heavy (non-hydrogen) atoms. The number of fused-ring (bicyclic) bond motifs is 1. The number of aromatic nitrogens is 1. The van der Waals surface area contributed by atoms with E-state index < -0.39 is 0 Å². The van der Waals surface area contributed by atoms with Gasteiger partial charge < -0.3 is 5.43 Å². The molecule has 0 atom stereocenters. The van der Waals surface area contributed by atoms with Crippen molar-refractivity contribution in [2.24, 2.45) is 5.84 Å². The van der Waals surface area contributed by atoms with Gasteiger partial charge in [0.15, 0.2) is 0 Å². The zero-order valence-electron chi connectivity index (χ0n) is 11.7. The molecule has 0 bridgehead atoms. The lowest BCUT2D eigenvalue weighted by Gasteiger charge is -2.10. The number of benzene rings is 2. The highest BCUT2D eigenvalue weighted by Crippen LogP contribution is 2.23. The maximum absolute atomic E-state index is 13.0. The molecule has 3 N–H and O–H groups in total. The quantitative estimate of drug-likeness (QED) is 0.570. The van der Waals surface area contributed by atoms with Crippen LogP contribution in [0.5, 0.6) is 0 Å². The molecule has 2 aromatic carbocycles. The molecular formula is C17H16FN3. The van der Waals surface area contributed by atoms with Gasteiger partial charge >= 0.3 is 0 Å². The predicted octanol–water partition coefficient (Wildman–Crippen LogP) is 3.56. The minimum absolute atomic E-state index is 0.233. The number of nitrogen functional groups attached to an aromatic ring is 1. The van der Waals surface area contributed by atoms with Crippen molar-refractivity contribution < 1.29 is 4.39 Å². The monoisotopic (exact) mass is 281 g/mol. The van der Waals surface area contributed by atoms with Crippen molar-refractivity contribution in [1.82, 2.24) is 4.98 Å². The van der Waals surface area contributed by atoms with Crippen molar-refractivity contribution in [2.45, 2.75) is 13.3 Å². The van der Waals surface area contributed by atoms with Crippen LogP contribution in [-0.2, 0) is 6.42 Å². The topological polar surface area (TPSA) is 50.9 Å². The van der Waals surface area contributed by atoms with Crippen LogP contribution in [-0.4, -0.2) is 4.98 Å². The van der Waals surface area contributed by atoms with Gasteiger partial charge in [0, 0.05) is 17.4 Å². The first kappa shape index (κ1) is 13.5. The summed E-state index contributed by atoms with van der Waals surface area (Å²) in [5.74, 6) is 6.00. The van der Waals surface area contributed by atoms with Gasteiger partial charge in [0.05, 0.1) is 5.52 Å². The summed E-state index contributed by atoms with van der Waals surface area (Å²) in [6, 6.07) is 14.7. The van der Waals surface area contributed by atoms with Crippen LogP contribution >= 0.6 is 0 Å². The number of nitrogens with zero attached hydrogens (tertiary/aromatic N) is 1. The molecule has 0 radical (unpaired) electrons. The van der Waals surface area contributed by atoms with E-state index in [2.05, 4.69) is 22.5 Å². The molecule has 0 aliphatic heterocycles. The van der Waals surface area contributed by atoms with Crippen LogP contribution in [0.4, 0.5) is 10.2 Å². The second-order valence-corrected chi connectivity index (χ2v) is 5.14. The van der Waals surface area contributed by atoms with Gasteiger partial charge in [-0.1, -0.05) is 24.3 Å². The molecule has 0 amide bonds. The van der Waals surface area contributed by atoms with Crippen LogP contribution in [0.25, 0.3) is 10.9 Å². The van der Waals surface area contributed by atoms with Gasteiger partial charge in [0.1, 0.15) is 11.6 Å². The third-order valence-corrected chi connectivity index (χ3v) is 3.50. The normalized spacial score (nSPS) is 10.8. The molecule has 0 aliphatic rings. The highest BCUT2D eigenvalue weighted by atomic mass is 19.1. The van der Waals surface area contributed by atoms with Crippen molar-refractivity contribution in [2.75, 3.05) is 5.43 Å². The summed E-state index contributed by atoms with van der Waals surface area (Å²) in [4.78, 5) is 4.56. The fourth-order valence-corrected chi connectivity index (χ4v) is 2.40. The third-order valence-electron chi connectivity index (χ3n) is 3.50. The van der Waals surface area contributed by atoms with Crippen molar-refractivity contribution in [3.05, 3.63) is 71.0 Å². The fourth-order valence-electron chi connectivity index (χ4n) is 2.40. The highest BCUT2D eigenvalue weighted by molar-refractivity contribution is 5.82. The second-order valence-electron chi connectivity index (χ2n) is 5.14. The Morgan fingerprint density at radius 2 is 1.86 bits per heavy atom. The SMILES string of the molecule is Cc1ccc2cc(Cc3ccc(F)cc3)c(NN)nc2c1. The molecule has 1 aromatic heterocycles. The van der Waals surface area contributed by atoms with Gasteiger partial charge in [-0.25, -0.2) is 15.2 Å². The average molecular weight is 281 g/mol.